The van der Waals surface area contributed by atoms with Gasteiger partial charge in [0.1, 0.15) is 0 Å². The van der Waals surface area contributed by atoms with Crippen molar-refractivity contribution in [3.8, 4) is 0 Å². The number of aryl methyl sites for hydroxylation is 2. The second kappa shape index (κ2) is 6.16. The Balaban J connectivity index is 1.93. The molecule has 0 aliphatic rings. The number of hydrogen-bond donors (Lipinski definition) is 3. The number of sulfonamides is 1. The molecule has 2 aromatic heterocycles. The lowest BCUT2D eigenvalue weighted by atomic mass is 10.3. The van der Waals surface area contributed by atoms with Gasteiger partial charge in [0.2, 0.25) is 0 Å². The van der Waals surface area contributed by atoms with Crippen LogP contribution in [0.1, 0.15) is 17.7 Å². The smallest absolute Gasteiger partial charge is 0.260 e. The van der Waals surface area contributed by atoms with E-state index in [4.69, 9.17) is 0 Å². The fourth-order valence-electron chi connectivity index (χ4n) is 1.79. The van der Waals surface area contributed by atoms with Gasteiger partial charge in [-0.05, 0) is 13.3 Å². The van der Waals surface area contributed by atoms with Crippen molar-refractivity contribution < 1.29 is 13.5 Å². The van der Waals surface area contributed by atoms with Gasteiger partial charge in [-0.2, -0.15) is 5.10 Å². The van der Waals surface area contributed by atoms with Crippen LogP contribution in [0, 0.1) is 6.92 Å². The lowest BCUT2D eigenvalue weighted by Crippen LogP contribution is -2.26. The number of aliphatic hydroxyl groups is 1. The van der Waals surface area contributed by atoms with Gasteiger partial charge in [-0.3, -0.25) is 5.10 Å². The minimum atomic E-state index is -3.70. The molecule has 3 N–H and O–H groups in total. The molecule has 0 aromatic carbocycles. The van der Waals surface area contributed by atoms with E-state index in [1.807, 2.05) is 10.8 Å². The van der Waals surface area contributed by atoms with Gasteiger partial charge in [0.15, 0.2) is 5.03 Å². The summed E-state index contributed by atoms with van der Waals surface area (Å²) in [6.07, 6.45) is 5.79. The Hall–Kier alpha value is -1.71. The topological polar surface area (TPSA) is 113 Å². The summed E-state index contributed by atoms with van der Waals surface area (Å²) in [5, 5.41) is 15.3. The predicted molar refractivity (Wildman–Crippen MR) is 71.3 cm³/mol. The van der Waals surface area contributed by atoms with Crippen LogP contribution in [0.15, 0.2) is 23.7 Å². The van der Waals surface area contributed by atoms with E-state index in [1.165, 1.54) is 0 Å². The Morgan fingerprint density at radius 2 is 2.30 bits per heavy atom. The van der Waals surface area contributed by atoms with Crippen LogP contribution >= 0.6 is 0 Å². The van der Waals surface area contributed by atoms with Gasteiger partial charge >= 0.3 is 0 Å². The Labute approximate surface area is 116 Å². The summed E-state index contributed by atoms with van der Waals surface area (Å²) in [4.78, 5) is 3.91. The van der Waals surface area contributed by atoms with Crippen molar-refractivity contribution in [1.29, 1.82) is 0 Å². The average Bonchev–Trinajstić information content (AvgIpc) is 3.04. The molecule has 20 heavy (non-hydrogen) atoms. The minimum Gasteiger partial charge on any atom is -0.392 e. The third kappa shape index (κ3) is 3.24. The zero-order valence-electron chi connectivity index (χ0n) is 11.1. The number of rotatable bonds is 7. The molecular weight excluding hydrogens is 282 g/mol. The fraction of sp³-hybridized carbons (Fsp3) is 0.455. The average molecular weight is 299 g/mol. The fourth-order valence-corrected chi connectivity index (χ4v) is 3.05. The van der Waals surface area contributed by atoms with Crippen molar-refractivity contribution in [2.75, 3.05) is 6.54 Å². The normalized spacial score (nSPS) is 11.9. The first-order chi connectivity index (χ1) is 9.54. The Morgan fingerprint density at radius 1 is 1.50 bits per heavy atom. The summed E-state index contributed by atoms with van der Waals surface area (Å²) < 4.78 is 28.5. The highest BCUT2D eigenvalue weighted by Crippen LogP contribution is 2.15. The van der Waals surface area contributed by atoms with Crippen LogP contribution in [-0.2, 0) is 23.2 Å². The summed E-state index contributed by atoms with van der Waals surface area (Å²) in [6, 6.07) is 0. The van der Waals surface area contributed by atoms with Crippen LogP contribution in [0.3, 0.4) is 0 Å². The van der Waals surface area contributed by atoms with Gasteiger partial charge in [0, 0.05) is 36.7 Å². The summed E-state index contributed by atoms with van der Waals surface area (Å²) in [5.41, 5.74) is 0.846. The lowest BCUT2D eigenvalue weighted by Gasteiger charge is -2.06. The molecule has 0 aliphatic carbocycles. The Kier molecular flexibility index (Phi) is 4.53. The molecular formula is C11H17N5O3S. The Morgan fingerprint density at radius 3 is 2.95 bits per heavy atom. The van der Waals surface area contributed by atoms with Crippen molar-refractivity contribution in [3.63, 3.8) is 0 Å². The van der Waals surface area contributed by atoms with E-state index in [-0.39, 0.29) is 18.2 Å². The second-order valence-electron chi connectivity index (χ2n) is 4.34. The van der Waals surface area contributed by atoms with E-state index >= 15 is 0 Å². The standard InChI is InChI=1S/C11H17N5O3S/c1-9-10(7-17)11(15-14-9)20(18,19)13-3-2-5-16-6-4-12-8-16/h4,6,8,13,17H,2-3,5,7H2,1H3,(H,14,15). The molecule has 0 bridgehead atoms. The molecule has 0 atom stereocenters. The molecule has 0 saturated heterocycles. The highest BCUT2D eigenvalue weighted by molar-refractivity contribution is 7.89. The van der Waals surface area contributed by atoms with E-state index in [1.54, 1.807) is 19.4 Å². The van der Waals surface area contributed by atoms with E-state index in [9.17, 15) is 13.5 Å². The third-order valence-electron chi connectivity index (χ3n) is 2.89. The minimum absolute atomic E-state index is 0.139. The number of aromatic amines is 1. The van der Waals surface area contributed by atoms with Crippen LogP contribution in [0.5, 0.6) is 0 Å². The first-order valence-electron chi connectivity index (χ1n) is 6.14. The molecule has 0 spiro atoms. The molecule has 2 aromatic rings. The van der Waals surface area contributed by atoms with Gasteiger partial charge < -0.3 is 9.67 Å². The maximum atomic E-state index is 12.1. The van der Waals surface area contributed by atoms with Gasteiger partial charge in [-0.1, -0.05) is 0 Å². The highest BCUT2D eigenvalue weighted by atomic mass is 32.2. The van der Waals surface area contributed by atoms with Gasteiger partial charge in [-0.25, -0.2) is 18.1 Å². The second-order valence-corrected chi connectivity index (χ2v) is 6.02. The summed E-state index contributed by atoms with van der Waals surface area (Å²) in [5.74, 6) is 0. The molecule has 0 unspecified atom stereocenters. The van der Waals surface area contributed by atoms with Crippen molar-refractivity contribution in [3.05, 3.63) is 30.0 Å². The van der Waals surface area contributed by atoms with Crippen LogP contribution in [-0.4, -0.2) is 39.8 Å². The maximum Gasteiger partial charge on any atom is 0.260 e. The third-order valence-corrected chi connectivity index (χ3v) is 4.32. The summed E-state index contributed by atoms with van der Waals surface area (Å²) >= 11 is 0. The molecule has 0 fully saturated rings. The first-order valence-corrected chi connectivity index (χ1v) is 7.63. The lowest BCUT2D eigenvalue weighted by molar-refractivity contribution is 0.277. The van der Waals surface area contributed by atoms with E-state index in [0.717, 1.165) is 0 Å². The van der Waals surface area contributed by atoms with Crippen LogP contribution in [0.25, 0.3) is 0 Å². The van der Waals surface area contributed by atoms with Gasteiger partial charge in [0.05, 0.1) is 12.9 Å². The number of aromatic nitrogens is 4. The largest absolute Gasteiger partial charge is 0.392 e. The zero-order chi connectivity index (χ0) is 14.6. The van der Waals surface area contributed by atoms with E-state index in [2.05, 4.69) is 19.9 Å². The highest BCUT2D eigenvalue weighted by Gasteiger charge is 2.22. The Bertz CT molecular complexity index is 648. The van der Waals surface area contributed by atoms with Crippen LogP contribution in [0.2, 0.25) is 0 Å². The van der Waals surface area contributed by atoms with Crippen molar-refractivity contribution in [2.45, 2.75) is 31.5 Å². The molecule has 0 radical (unpaired) electrons. The quantitative estimate of drug-likeness (QED) is 0.612. The number of imidazole rings is 1. The number of nitrogens with one attached hydrogen (secondary N) is 2. The molecule has 0 amide bonds. The van der Waals surface area contributed by atoms with Crippen molar-refractivity contribution in [2.24, 2.45) is 0 Å². The molecule has 110 valence electrons. The number of H-pyrrole nitrogens is 1. The van der Waals surface area contributed by atoms with E-state index < -0.39 is 10.0 Å². The summed E-state index contributed by atoms with van der Waals surface area (Å²) in [6.45, 7) is 2.26. The SMILES string of the molecule is Cc1[nH]nc(S(=O)(=O)NCCCn2ccnc2)c1CO. The van der Waals surface area contributed by atoms with Crippen molar-refractivity contribution >= 4 is 10.0 Å². The number of hydrogen-bond acceptors (Lipinski definition) is 5. The zero-order valence-corrected chi connectivity index (χ0v) is 11.9. The van der Waals surface area contributed by atoms with Crippen LogP contribution < -0.4 is 4.72 Å². The monoisotopic (exact) mass is 299 g/mol. The molecule has 2 heterocycles. The molecule has 0 saturated carbocycles. The van der Waals surface area contributed by atoms with Crippen molar-refractivity contribution in [1.82, 2.24) is 24.5 Å². The summed E-state index contributed by atoms with van der Waals surface area (Å²) in [7, 11) is -3.70. The number of aliphatic hydroxyl groups excluding tert-OH is 1. The predicted octanol–water partition coefficient (Wildman–Crippen LogP) is -0.224. The van der Waals surface area contributed by atoms with E-state index in [0.29, 0.717) is 24.2 Å². The van der Waals surface area contributed by atoms with Crippen LogP contribution in [0.4, 0.5) is 0 Å². The van der Waals surface area contributed by atoms with Gasteiger partial charge in [-0.15, -0.1) is 0 Å². The molecule has 9 heteroatoms. The molecule has 8 nitrogen and oxygen atoms in total. The van der Waals surface area contributed by atoms with Gasteiger partial charge in [0.25, 0.3) is 10.0 Å². The molecule has 2 rings (SSSR count). The maximum absolute atomic E-state index is 12.1. The first kappa shape index (κ1) is 14.7. The number of nitrogens with zero attached hydrogens (tertiary/aromatic N) is 3. The molecule has 0 aliphatic heterocycles.